The Morgan fingerprint density at radius 1 is 1.22 bits per heavy atom. The van der Waals surface area contributed by atoms with Crippen molar-refractivity contribution in [1.82, 2.24) is 20.5 Å². The molecule has 1 aliphatic carbocycles. The Morgan fingerprint density at radius 3 is 2.65 bits per heavy atom. The van der Waals surface area contributed by atoms with Gasteiger partial charge in [0, 0.05) is 17.2 Å². The highest BCUT2D eigenvalue weighted by atomic mass is 16.4. The molecule has 1 heterocycles. The number of carboxylic acids is 1. The number of nitrogens with one attached hydrogen (secondary N) is 2. The molecule has 1 fully saturated rings. The average Bonchev–Trinajstić information content (AvgIpc) is 3.10. The highest BCUT2D eigenvalue weighted by Crippen LogP contribution is 2.25. The van der Waals surface area contributed by atoms with Crippen LogP contribution in [0.1, 0.15) is 36.0 Å². The fourth-order valence-electron chi connectivity index (χ4n) is 2.91. The van der Waals surface area contributed by atoms with Crippen LogP contribution >= 0.6 is 0 Å². The molecule has 1 amide bonds. The van der Waals surface area contributed by atoms with E-state index in [4.69, 9.17) is 5.11 Å². The van der Waals surface area contributed by atoms with Crippen LogP contribution in [0.5, 0.6) is 0 Å². The molecule has 120 valence electrons. The molecule has 23 heavy (non-hydrogen) atoms. The molecule has 3 rings (SSSR count). The molecule has 2 aromatic rings. The molecule has 7 heteroatoms. The minimum atomic E-state index is -0.741. The van der Waals surface area contributed by atoms with Crippen molar-refractivity contribution in [2.75, 3.05) is 0 Å². The van der Waals surface area contributed by atoms with Crippen molar-refractivity contribution in [2.24, 2.45) is 5.92 Å². The summed E-state index contributed by atoms with van der Waals surface area (Å²) in [5.41, 5.74) is 1.35. The molecule has 0 aliphatic heterocycles. The normalized spacial score (nSPS) is 20.9. The quantitative estimate of drug-likeness (QED) is 0.798. The lowest BCUT2D eigenvalue weighted by molar-refractivity contribution is -0.142. The molecule has 0 spiro atoms. The van der Waals surface area contributed by atoms with E-state index in [0.29, 0.717) is 37.1 Å². The number of amides is 1. The highest BCUT2D eigenvalue weighted by Gasteiger charge is 2.26. The SMILES string of the molecule is O=C(NC1CCC(C(=O)O)CC1)c1cccc(-c2ncn[nH]2)c1. The molecular weight excluding hydrogens is 296 g/mol. The fraction of sp³-hybridized carbons (Fsp3) is 0.375. The Balaban J connectivity index is 1.63. The minimum Gasteiger partial charge on any atom is -0.481 e. The first kappa shape index (κ1) is 15.2. The van der Waals surface area contributed by atoms with E-state index in [1.807, 2.05) is 6.07 Å². The Hall–Kier alpha value is -2.70. The molecule has 3 N–H and O–H groups in total. The van der Waals surface area contributed by atoms with Gasteiger partial charge >= 0.3 is 5.97 Å². The molecule has 1 saturated carbocycles. The van der Waals surface area contributed by atoms with Crippen LogP contribution < -0.4 is 5.32 Å². The Labute approximate surface area is 133 Å². The van der Waals surface area contributed by atoms with E-state index >= 15 is 0 Å². The third-order valence-electron chi connectivity index (χ3n) is 4.22. The van der Waals surface area contributed by atoms with Gasteiger partial charge in [0.1, 0.15) is 6.33 Å². The van der Waals surface area contributed by atoms with Gasteiger partial charge in [-0.1, -0.05) is 12.1 Å². The van der Waals surface area contributed by atoms with Crippen LogP contribution in [0.2, 0.25) is 0 Å². The molecule has 0 radical (unpaired) electrons. The van der Waals surface area contributed by atoms with Gasteiger partial charge in [0.15, 0.2) is 5.82 Å². The summed E-state index contributed by atoms with van der Waals surface area (Å²) in [6.07, 6.45) is 4.04. The van der Waals surface area contributed by atoms with Gasteiger partial charge in [-0.25, -0.2) is 4.98 Å². The summed E-state index contributed by atoms with van der Waals surface area (Å²) >= 11 is 0. The lowest BCUT2D eigenvalue weighted by Crippen LogP contribution is -2.38. The third kappa shape index (κ3) is 3.56. The van der Waals surface area contributed by atoms with Gasteiger partial charge in [0.05, 0.1) is 5.92 Å². The molecule has 0 unspecified atom stereocenters. The number of aromatic amines is 1. The van der Waals surface area contributed by atoms with Gasteiger partial charge in [0.25, 0.3) is 5.91 Å². The van der Waals surface area contributed by atoms with Crippen molar-refractivity contribution in [3.05, 3.63) is 36.2 Å². The van der Waals surface area contributed by atoms with E-state index in [9.17, 15) is 9.59 Å². The van der Waals surface area contributed by atoms with Crippen molar-refractivity contribution < 1.29 is 14.7 Å². The maximum atomic E-state index is 12.4. The van der Waals surface area contributed by atoms with Gasteiger partial charge in [0.2, 0.25) is 0 Å². The first-order valence-corrected chi connectivity index (χ1v) is 7.63. The molecule has 1 aromatic heterocycles. The summed E-state index contributed by atoms with van der Waals surface area (Å²) in [4.78, 5) is 27.4. The predicted molar refractivity (Wildman–Crippen MR) is 82.7 cm³/mol. The number of hydrogen-bond donors (Lipinski definition) is 3. The molecule has 1 aliphatic rings. The van der Waals surface area contributed by atoms with Crippen molar-refractivity contribution in [2.45, 2.75) is 31.7 Å². The summed E-state index contributed by atoms with van der Waals surface area (Å²) in [6, 6.07) is 7.20. The van der Waals surface area contributed by atoms with Crippen molar-refractivity contribution >= 4 is 11.9 Å². The number of carbonyl (C=O) groups is 2. The number of carbonyl (C=O) groups excluding carboxylic acids is 1. The predicted octanol–water partition coefficient (Wildman–Crippen LogP) is 1.84. The lowest BCUT2D eigenvalue weighted by atomic mass is 9.86. The van der Waals surface area contributed by atoms with Gasteiger partial charge in [-0.2, -0.15) is 5.10 Å². The highest BCUT2D eigenvalue weighted by molar-refractivity contribution is 5.95. The smallest absolute Gasteiger partial charge is 0.306 e. The van der Waals surface area contributed by atoms with Crippen LogP contribution in [0.4, 0.5) is 0 Å². The Morgan fingerprint density at radius 2 is 2.00 bits per heavy atom. The molecule has 1 aromatic carbocycles. The first-order chi connectivity index (χ1) is 11.1. The fourth-order valence-corrected chi connectivity index (χ4v) is 2.91. The second-order valence-electron chi connectivity index (χ2n) is 5.78. The number of rotatable bonds is 4. The van der Waals surface area contributed by atoms with Crippen LogP contribution in [-0.2, 0) is 4.79 Å². The summed E-state index contributed by atoms with van der Waals surface area (Å²) < 4.78 is 0. The van der Waals surface area contributed by atoms with E-state index in [1.165, 1.54) is 6.33 Å². The van der Waals surface area contributed by atoms with Gasteiger partial charge in [-0.05, 0) is 37.8 Å². The topological polar surface area (TPSA) is 108 Å². The summed E-state index contributed by atoms with van der Waals surface area (Å²) in [5, 5.41) is 18.6. The van der Waals surface area contributed by atoms with Crippen LogP contribution in [0.3, 0.4) is 0 Å². The Bertz CT molecular complexity index is 691. The third-order valence-corrected chi connectivity index (χ3v) is 4.22. The van der Waals surface area contributed by atoms with E-state index in [0.717, 1.165) is 5.56 Å². The summed E-state index contributed by atoms with van der Waals surface area (Å²) in [7, 11) is 0. The summed E-state index contributed by atoms with van der Waals surface area (Å²) in [5.74, 6) is -0.556. The number of nitrogens with zero attached hydrogens (tertiary/aromatic N) is 2. The monoisotopic (exact) mass is 314 g/mol. The lowest BCUT2D eigenvalue weighted by Gasteiger charge is -2.26. The average molecular weight is 314 g/mol. The van der Waals surface area contributed by atoms with Crippen LogP contribution in [-0.4, -0.2) is 38.2 Å². The number of aliphatic carboxylic acids is 1. The van der Waals surface area contributed by atoms with Gasteiger partial charge < -0.3 is 10.4 Å². The van der Waals surface area contributed by atoms with Gasteiger partial charge in [-0.3, -0.25) is 14.7 Å². The molecular formula is C16H18N4O3. The zero-order valence-corrected chi connectivity index (χ0v) is 12.5. The van der Waals surface area contributed by atoms with Crippen LogP contribution in [0, 0.1) is 5.92 Å². The molecule has 7 nitrogen and oxygen atoms in total. The van der Waals surface area contributed by atoms with Crippen molar-refractivity contribution in [1.29, 1.82) is 0 Å². The van der Waals surface area contributed by atoms with E-state index < -0.39 is 5.97 Å². The Kier molecular flexibility index (Phi) is 4.36. The van der Waals surface area contributed by atoms with Crippen molar-refractivity contribution in [3.8, 4) is 11.4 Å². The van der Waals surface area contributed by atoms with Crippen molar-refractivity contribution in [3.63, 3.8) is 0 Å². The molecule has 0 atom stereocenters. The number of carboxylic acid groups (broad SMARTS) is 1. The number of benzene rings is 1. The minimum absolute atomic E-state index is 0.0343. The molecule has 0 bridgehead atoms. The van der Waals surface area contributed by atoms with E-state index in [1.54, 1.807) is 18.2 Å². The zero-order valence-electron chi connectivity index (χ0n) is 12.5. The van der Waals surface area contributed by atoms with Crippen LogP contribution in [0.25, 0.3) is 11.4 Å². The largest absolute Gasteiger partial charge is 0.481 e. The van der Waals surface area contributed by atoms with E-state index in [-0.39, 0.29) is 17.9 Å². The standard InChI is InChI=1S/C16H18N4O3/c21-15(19-13-6-4-10(5-7-13)16(22)23)12-3-1-2-11(8-12)14-17-9-18-20-14/h1-3,8-10,13H,4-7H2,(H,19,21)(H,22,23)(H,17,18,20). The number of aromatic nitrogens is 3. The van der Waals surface area contributed by atoms with Crippen LogP contribution in [0.15, 0.2) is 30.6 Å². The summed E-state index contributed by atoms with van der Waals surface area (Å²) in [6.45, 7) is 0. The number of H-pyrrole nitrogens is 1. The number of hydrogen-bond acceptors (Lipinski definition) is 4. The zero-order chi connectivity index (χ0) is 16.2. The van der Waals surface area contributed by atoms with E-state index in [2.05, 4.69) is 20.5 Å². The van der Waals surface area contributed by atoms with Gasteiger partial charge in [-0.15, -0.1) is 0 Å². The second kappa shape index (κ2) is 6.60. The maximum absolute atomic E-state index is 12.4. The molecule has 0 saturated heterocycles. The first-order valence-electron chi connectivity index (χ1n) is 7.63. The second-order valence-corrected chi connectivity index (χ2v) is 5.78. The maximum Gasteiger partial charge on any atom is 0.306 e.